The van der Waals surface area contributed by atoms with E-state index in [-0.39, 0.29) is 0 Å². The largest absolute Gasteiger partial charge is 0.338 e. The number of nitrogens with zero attached hydrogens (tertiary/aromatic N) is 2. The van der Waals surface area contributed by atoms with Gasteiger partial charge in [-0.1, -0.05) is 27.5 Å². The van der Waals surface area contributed by atoms with Crippen molar-refractivity contribution in [3.63, 3.8) is 0 Å². The first-order chi connectivity index (χ1) is 10.1. The molecule has 0 bridgehead atoms. The summed E-state index contributed by atoms with van der Waals surface area (Å²) >= 11 is 11.2. The zero-order chi connectivity index (χ0) is 15.0. The Kier molecular flexibility index (Phi) is 3.99. The van der Waals surface area contributed by atoms with E-state index in [1.807, 2.05) is 31.2 Å². The molecule has 0 saturated heterocycles. The molecule has 0 spiro atoms. The minimum Gasteiger partial charge on any atom is -0.338 e. The molecular formula is C13H11BrClN5S. The van der Waals surface area contributed by atoms with Gasteiger partial charge >= 0.3 is 0 Å². The van der Waals surface area contributed by atoms with E-state index in [4.69, 9.17) is 17.4 Å². The number of anilines is 3. The fourth-order valence-electron chi connectivity index (χ4n) is 1.92. The SMILES string of the molecule is Cc1cc2c(Nc3cc(Br)ccc3Cl)nc(NN)nc2s1. The molecule has 8 heteroatoms. The van der Waals surface area contributed by atoms with Crippen molar-refractivity contribution in [2.45, 2.75) is 6.92 Å². The van der Waals surface area contributed by atoms with E-state index >= 15 is 0 Å². The quantitative estimate of drug-likeness (QED) is 0.459. The van der Waals surface area contributed by atoms with Crippen LogP contribution in [0, 0.1) is 6.92 Å². The number of nitrogens with two attached hydrogens (primary N) is 1. The number of benzene rings is 1. The fraction of sp³-hybridized carbons (Fsp3) is 0.0769. The summed E-state index contributed by atoms with van der Waals surface area (Å²) in [6.45, 7) is 2.03. The highest BCUT2D eigenvalue weighted by Gasteiger charge is 2.12. The lowest BCUT2D eigenvalue weighted by Crippen LogP contribution is -2.11. The molecule has 3 aromatic rings. The molecule has 1 aromatic carbocycles. The molecule has 0 amide bonds. The first-order valence-electron chi connectivity index (χ1n) is 6.03. The number of nitrogens with one attached hydrogen (secondary N) is 2. The number of aryl methyl sites for hydroxylation is 1. The topological polar surface area (TPSA) is 75.9 Å². The number of halogens is 2. The molecule has 0 aliphatic heterocycles. The van der Waals surface area contributed by atoms with Crippen molar-refractivity contribution in [2.75, 3.05) is 10.7 Å². The lowest BCUT2D eigenvalue weighted by atomic mass is 10.3. The highest BCUT2D eigenvalue weighted by molar-refractivity contribution is 9.10. The van der Waals surface area contributed by atoms with Gasteiger partial charge in [-0.25, -0.2) is 10.8 Å². The number of thiophene rings is 1. The molecule has 0 fully saturated rings. The van der Waals surface area contributed by atoms with Crippen LogP contribution in [0.3, 0.4) is 0 Å². The van der Waals surface area contributed by atoms with Gasteiger partial charge in [0.1, 0.15) is 10.6 Å². The van der Waals surface area contributed by atoms with Crippen LogP contribution in [0.1, 0.15) is 4.88 Å². The molecule has 0 atom stereocenters. The van der Waals surface area contributed by atoms with Crippen LogP contribution in [-0.4, -0.2) is 9.97 Å². The second kappa shape index (κ2) is 5.76. The Morgan fingerprint density at radius 2 is 2.10 bits per heavy atom. The van der Waals surface area contributed by atoms with Crippen molar-refractivity contribution >= 4 is 66.5 Å². The Labute approximate surface area is 138 Å². The molecule has 0 unspecified atom stereocenters. The maximum atomic E-state index is 6.21. The Morgan fingerprint density at radius 1 is 1.29 bits per heavy atom. The number of hydrogen-bond acceptors (Lipinski definition) is 6. The highest BCUT2D eigenvalue weighted by atomic mass is 79.9. The molecule has 4 N–H and O–H groups in total. The molecule has 21 heavy (non-hydrogen) atoms. The first kappa shape index (κ1) is 14.5. The van der Waals surface area contributed by atoms with Gasteiger partial charge < -0.3 is 5.32 Å². The van der Waals surface area contributed by atoms with Crippen molar-refractivity contribution in [2.24, 2.45) is 5.84 Å². The van der Waals surface area contributed by atoms with Gasteiger partial charge in [0.2, 0.25) is 5.95 Å². The third-order valence-electron chi connectivity index (χ3n) is 2.83. The molecule has 108 valence electrons. The fourth-order valence-corrected chi connectivity index (χ4v) is 3.33. The molecule has 3 rings (SSSR count). The number of rotatable bonds is 3. The standard InChI is InChI=1S/C13H11BrClN5S/c1-6-4-8-11(18-13(20-16)19-12(8)21-6)17-10-5-7(14)2-3-9(10)15/h2-5H,16H2,1H3,(H2,17,18,19,20). The summed E-state index contributed by atoms with van der Waals surface area (Å²) in [4.78, 5) is 10.7. The predicted molar refractivity (Wildman–Crippen MR) is 92.4 cm³/mol. The van der Waals surface area contributed by atoms with E-state index in [0.717, 1.165) is 25.3 Å². The normalized spacial score (nSPS) is 10.9. The number of nitrogen functional groups attached to an aromatic ring is 1. The first-order valence-corrected chi connectivity index (χ1v) is 8.02. The minimum atomic E-state index is 0.359. The summed E-state index contributed by atoms with van der Waals surface area (Å²) in [5, 5.41) is 4.79. The summed E-state index contributed by atoms with van der Waals surface area (Å²) in [6, 6.07) is 7.62. The van der Waals surface area contributed by atoms with Crippen molar-refractivity contribution in [1.29, 1.82) is 0 Å². The minimum absolute atomic E-state index is 0.359. The highest BCUT2D eigenvalue weighted by Crippen LogP contribution is 2.34. The van der Waals surface area contributed by atoms with Crippen LogP contribution in [0.4, 0.5) is 17.5 Å². The Hall–Kier alpha value is -1.41. The summed E-state index contributed by atoms with van der Waals surface area (Å²) in [5.74, 6) is 6.46. The van der Waals surface area contributed by atoms with Crippen molar-refractivity contribution in [3.8, 4) is 0 Å². The van der Waals surface area contributed by atoms with Gasteiger partial charge in [0.15, 0.2) is 0 Å². The van der Waals surface area contributed by atoms with E-state index in [9.17, 15) is 0 Å². The summed E-state index contributed by atoms with van der Waals surface area (Å²) in [7, 11) is 0. The zero-order valence-electron chi connectivity index (χ0n) is 10.9. The second-order valence-corrected chi connectivity index (χ2v) is 6.92. The monoisotopic (exact) mass is 383 g/mol. The number of hydrogen-bond donors (Lipinski definition) is 3. The molecule has 0 aliphatic carbocycles. The second-order valence-electron chi connectivity index (χ2n) is 4.37. The summed E-state index contributed by atoms with van der Waals surface area (Å²) < 4.78 is 0.929. The van der Waals surface area contributed by atoms with E-state index in [2.05, 4.69) is 36.6 Å². The summed E-state index contributed by atoms with van der Waals surface area (Å²) in [5.41, 5.74) is 3.24. The van der Waals surface area contributed by atoms with E-state index in [1.165, 1.54) is 0 Å². The predicted octanol–water partition coefficient (Wildman–Crippen LogP) is 4.44. The molecule has 5 nitrogen and oxygen atoms in total. The van der Waals surface area contributed by atoms with E-state index < -0.39 is 0 Å². The molecule has 2 aromatic heterocycles. The van der Waals surface area contributed by atoms with Crippen molar-refractivity contribution in [1.82, 2.24) is 9.97 Å². The Morgan fingerprint density at radius 3 is 2.86 bits per heavy atom. The van der Waals surface area contributed by atoms with Crippen LogP contribution in [-0.2, 0) is 0 Å². The molecule has 0 saturated carbocycles. The third-order valence-corrected chi connectivity index (χ3v) is 4.59. The lowest BCUT2D eigenvalue weighted by molar-refractivity contribution is 1.16. The zero-order valence-corrected chi connectivity index (χ0v) is 14.1. The maximum Gasteiger partial charge on any atom is 0.240 e. The number of hydrazine groups is 1. The van der Waals surface area contributed by atoms with Crippen LogP contribution in [0.5, 0.6) is 0 Å². The van der Waals surface area contributed by atoms with Crippen molar-refractivity contribution < 1.29 is 0 Å². The van der Waals surface area contributed by atoms with Crippen LogP contribution in [0.2, 0.25) is 5.02 Å². The lowest BCUT2D eigenvalue weighted by Gasteiger charge is -2.10. The molecular weight excluding hydrogens is 374 g/mol. The average molecular weight is 385 g/mol. The van der Waals surface area contributed by atoms with Crippen LogP contribution < -0.4 is 16.6 Å². The van der Waals surface area contributed by atoms with Gasteiger partial charge in [-0.3, -0.25) is 5.43 Å². The molecule has 0 radical (unpaired) electrons. The van der Waals surface area contributed by atoms with Gasteiger partial charge in [-0.15, -0.1) is 11.3 Å². The Balaban J connectivity index is 2.12. The third kappa shape index (κ3) is 2.96. The van der Waals surface area contributed by atoms with Crippen LogP contribution >= 0.6 is 38.9 Å². The average Bonchev–Trinajstić information content (AvgIpc) is 2.83. The van der Waals surface area contributed by atoms with E-state index in [0.29, 0.717) is 16.8 Å². The maximum absolute atomic E-state index is 6.21. The van der Waals surface area contributed by atoms with Crippen LogP contribution in [0.15, 0.2) is 28.7 Å². The van der Waals surface area contributed by atoms with Crippen LogP contribution in [0.25, 0.3) is 10.2 Å². The molecule has 0 aliphatic rings. The van der Waals surface area contributed by atoms with Gasteiger partial charge in [0.25, 0.3) is 0 Å². The molecule has 2 heterocycles. The van der Waals surface area contributed by atoms with E-state index in [1.54, 1.807) is 11.3 Å². The Bertz CT molecular complexity index is 820. The number of aromatic nitrogens is 2. The van der Waals surface area contributed by atoms with Gasteiger partial charge in [-0.05, 0) is 31.2 Å². The smallest absolute Gasteiger partial charge is 0.240 e. The summed E-state index contributed by atoms with van der Waals surface area (Å²) in [6.07, 6.45) is 0. The number of fused-ring (bicyclic) bond motifs is 1. The van der Waals surface area contributed by atoms with Gasteiger partial charge in [-0.2, -0.15) is 4.98 Å². The van der Waals surface area contributed by atoms with Gasteiger partial charge in [0.05, 0.1) is 16.1 Å². The van der Waals surface area contributed by atoms with Gasteiger partial charge in [0, 0.05) is 9.35 Å². The van der Waals surface area contributed by atoms with Crippen molar-refractivity contribution in [3.05, 3.63) is 38.6 Å².